The Morgan fingerprint density at radius 2 is 1.81 bits per heavy atom. The Hall–Kier alpha value is -1.15. The molecule has 1 unspecified atom stereocenters. The van der Waals surface area contributed by atoms with Gasteiger partial charge in [-0.15, -0.1) is 5.06 Å². The van der Waals surface area contributed by atoms with Gasteiger partial charge in [0.15, 0.2) is 0 Å². The van der Waals surface area contributed by atoms with Gasteiger partial charge in [0.2, 0.25) is 0 Å². The summed E-state index contributed by atoms with van der Waals surface area (Å²) in [4.78, 5) is 4.96. The number of hydrogen-bond donors (Lipinski definition) is 2. The van der Waals surface area contributed by atoms with Crippen LogP contribution in [0.4, 0.5) is 13.2 Å². The topological polar surface area (TPSA) is 44.7 Å². The minimum absolute atomic E-state index is 0.256. The second-order valence-electron chi connectivity index (χ2n) is 5.29. The molecule has 1 aliphatic rings. The number of aryl methyl sites for hydroxylation is 1. The van der Waals surface area contributed by atoms with E-state index in [9.17, 15) is 18.3 Å². The molecule has 0 radical (unpaired) electrons. The molecule has 120 valence electrons. The molecule has 0 amide bonds. The number of hydrogen-bond acceptors (Lipinski definition) is 4. The maximum absolute atomic E-state index is 11.9. The van der Waals surface area contributed by atoms with E-state index in [0.29, 0.717) is 6.54 Å². The average Bonchev–Trinajstić information content (AvgIpc) is 2.63. The lowest BCUT2D eigenvalue weighted by atomic mass is 10.1. The lowest BCUT2D eigenvalue weighted by molar-refractivity contribution is -0.241. The van der Waals surface area contributed by atoms with Crippen LogP contribution in [0.3, 0.4) is 0 Å². The van der Waals surface area contributed by atoms with E-state index in [1.807, 2.05) is 13.8 Å². The van der Waals surface area contributed by atoms with E-state index in [4.69, 9.17) is 4.84 Å². The van der Waals surface area contributed by atoms with Crippen molar-refractivity contribution < 1.29 is 23.1 Å². The molecule has 0 bridgehead atoms. The zero-order chi connectivity index (χ0) is 16.3. The molecule has 1 aliphatic heterocycles. The second kappa shape index (κ2) is 6.74. The molecule has 0 aliphatic carbocycles. The SMILES string of the molecule is CON1C(O)CNC1(C)C.Cc1ccc(C(F)(F)F)cc1. The van der Waals surface area contributed by atoms with Crippen molar-refractivity contribution in [1.82, 2.24) is 10.4 Å². The second-order valence-corrected chi connectivity index (χ2v) is 5.29. The van der Waals surface area contributed by atoms with E-state index in [0.717, 1.165) is 17.7 Å². The molecule has 1 fully saturated rings. The molecule has 0 aromatic heterocycles. The minimum atomic E-state index is -4.21. The fourth-order valence-corrected chi connectivity index (χ4v) is 1.97. The van der Waals surface area contributed by atoms with E-state index >= 15 is 0 Å². The van der Waals surface area contributed by atoms with Crippen LogP contribution in [0.2, 0.25) is 0 Å². The predicted molar refractivity (Wildman–Crippen MR) is 73.1 cm³/mol. The molecule has 1 saturated heterocycles. The van der Waals surface area contributed by atoms with Gasteiger partial charge in [-0.05, 0) is 32.9 Å². The van der Waals surface area contributed by atoms with E-state index in [2.05, 4.69) is 5.32 Å². The van der Waals surface area contributed by atoms with E-state index in [1.165, 1.54) is 17.2 Å². The number of halogens is 3. The molecule has 7 heteroatoms. The summed E-state index contributed by atoms with van der Waals surface area (Å²) in [6.45, 7) is 6.21. The summed E-state index contributed by atoms with van der Waals surface area (Å²) in [5.41, 5.74) is -0.0187. The molecule has 2 rings (SSSR count). The lowest BCUT2D eigenvalue weighted by Crippen LogP contribution is -2.47. The number of β-amino-alcohol motifs (C(OH)–C–C–N with tert-alkyl or cyclic N) is 1. The highest BCUT2D eigenvalue weighted by molar-refractivity contribution is 5.23. The van der Waals surface area contributed by atoms with Gasteiger partial charge in [0.05, 0.1) is 18.3 Å². The number of rotatable bonds is 1. The van der Waals surface area contributed by atoms with Crippen LogP contribution in [-0.4, -0.2) is 35.7 Å². The molecule has 0 spiro atoms. The van der Waals surface area contributed by atoms with Crippen molar-refractivity contribution in [3.8, 4) is 0 Å². The van der Waals surface area contributed by atoms with Gasteiger partial charge in [0, 0.05) is 6.54 Å². The largest absolute Gasteiger partial charge is 0.416 e. The first kappa shape index (κ1) is 17.9. The minimum Gasteiger partial charge on any atom is -0.375 e. The van der Waals surface area contributed by atoms with Crippen LogP contribution in [0.5, 0.6) is 0 Å². The Morgan fingerprint density at radius 1 is 1.29 bits per heavy atom. The van der Waals surface area contributed by atoms with Crippen LogP contribution in [0.1, 0.15) is 25.0 Å². The zero-order valence-corrected chi connectivity index (χ0v) is 12.5. The molecular formula is C14H21F3N2O2. The number of hydroxylamine groups is 2. The van der Waals surface area contributed by atoms with Gasteiger partial charge >= 0.3 is 6.18 Å². The number of aliphatic hydroxyl groups is 1. The number of aliphatic hydroxyl groups excluding tert-OH is 1. The summed E-state index contributed by atoms with van der Waals surface area (Å²) in [5.74, 6) is 0. The quantitative estimate of drug-likeness (QED) is 0.837. The van der Waals surface area contributed by atoms with Crippen LogP contribution >= 0.6 is 0 Å². The van der Waals surface area contributed by atoms with E-state index in [-0.39, 0.29) is 5.66 Å². The van der Waals surface area contributed by atoms with Gasteiger partial charge in [-0.25, -0.2) is 0 Å². The highest BCUT2D eigenvalue weighted by atomic mass is 19.4. The number of nitrogens with zero attached hydrogens (tertiary/aromatic N) is 1. The highest BCUT2D eigenvalue weighted by Crippen LogP contribution is 2.28. The number of benzene rings is 1. The van der Waals surface area contributed by atoms with Gasteiger partial charge in [0.1, 0.15) is 6.23 Å². The standard InChI is InChI=1S/C8H7F3.C6H14N2O2/c1-6-2-4-7(5-3-6)8(9,10)11;1-6(2)7-4-5(9)8(6)10-3/h2-5H,1H3;5,7,9H,4H2,1-3H3. The first-order chi connectivity index (χ1) is 9.58. The summed E-state index contributed by atoms with van der Waals surface area (Å²) in [6, 6.07) is 5.05. The molecule has 1 aromatic rings. The van der Waals surface area contributed by atoms with Crippen LogP contribution in [-0.2, 0) is 11.0 Å². The average molecular weight is 306 g/mol. The Labute approximate surface area is 122 Å². The Kier molecular flexibility index (Phi) is 5.75. The monoisotopic (exact) mass is 306 g/mol. The third-order valence-corrected chi connectivity index (χ3v) is 3.11. The number of nitrogens with one attached hydrogen (secondary N) is 1. The fourth-order valence-electron chi connectivity index (χ4n) is 1.97. The van der Waals surface area contributed by atoms with Crippen LogP contribution in [0.15, 0.2) is 24.3 Å². The van der Waals surface area contributed by atoms with Crippen LogP contribution in [0.25, 0.3) is 0 Å². The summed E-state index contributed by atoms with van der Waals surface area (Å²) in [5, 5.41) is 13.9. The third kappa shape index (κ3) is 4.96. The molecule has 2 N–H and O–H groups in total. The van der Waals surface area contributed by atoms with Gasteiger partial charge in [-0.3, -0.25) is 10.2 Å². The van der Waals surface area contributed by atoms with Crippen molar-refractivity contribution in [1.29, 1.82) is 0 Å². The molecule has 0 saturated carbocycles. The predicted octanol–water partition coefficient (Wildman–Crippen LogP) is 2.52. The molecule has 21 heavy (non-hydrogen) atoms. The lowest BCUT2D eigenvalue weighted by Gasteiger charge is -2.29. The molecule has 4 nitrogen and oxygen atoms in total. The Morgan fingerprint density at radius 3 is 2.10 bits per heavy atom. The molecule has 1 atom stereocenters. The zero-order valence-electron chi connectivity index (χ0n) is 12.5. The van der Waals surface area contributed by atoms with Gasteiger partial charge in [-0.2, -0.15) is 13.2 Å². The van der Waals surface area contributed by atoms with Crippen molar-refractivity contribution >= 4 is 0 Å². The van der Waals surface area contributed by atoms with E-state index in [1.54, 1.807) is 14.0 Å². The van der Waals surface area contributed by atoms with Crippen LogP contribution < -0.4 is 5.32 Å². The number of alkyl halides is 3. The molecular weight excluding hydrogens is 285 g/mol. The molecule has 1 heterocycles. The fraction of sp³-hybridized carbons (Fsp3) is 0.571. The Balaban J connectivity index is 0.000000211. The third-order valence-electron chi connectivity index (χ3n) is 3.11. The maximum Gasteiger partial charge on any atom is 0.416 e. The van der Waals surface area contributed by atoms with Crippen molar-refractivity contribution in [3.63, 3.8) is 0 Å². The van der Waals surface area contributed by atoms with Gasteiger partial charge < -0.3 is 5.11 Å². The normalized spacial score (nSPS) is 21.8. The smallest absolute Gasteiger partial charge is 0.375 e. The summed E-state index contributed by atoms with van der Waals surface area (Å²) in [6.07, 6.45) is -4.74. The van der Waals surface area contributed by atoms with E-state index < -0.39 is 18.0 Å². The summed E-state index contributed by atoms with van der Waals surface area (Å²) < 4.78 is 35.8. The first-order valence-electron chi connectivity index (χ1n) is 6.48. The Bertz CT molecular complexity index is 447. The van der Waals surface area contributed by atoms with Crippen LogP contribution in [0, 0.1) is 6.92 Å². The summed E-state index contributed by atoms with van der Waals surface area (Å²) >= 11 is 0. The van der Waals surface area contributed by atoms with Gasteiger partial charge in [0.25, 0.3) is 0 Å². The van der Waals surface area contributed by atoms with Crippen molar-refractivity contribution in [2.45, 2.75) is 38.8 Å². The van der Waals surface area contributed by atoms with Gasteiger partial charge in [-0.1, -0.05) is 17.7 Å². The van der Waals surface area contributed by atoms with Crippen molar-refractivity contribution in [2.75, 3.05) is 13.7 Å². The first-order valence-corrected chi connectivity index (χ1v) is 6.48. The van der Waals surface area contributed by atoms with Crippen molar-refractivity contribution in [2.24, 2.45) is 0 Å². The maximum atomic E-state index is 11.9. The molecule has 1 aromatic carbocycles. The summed E-state index contributed by atoms with van der Waals surface area (Å²) in [7, 11) is 1.55. The van der Waals surface area contributed by atoms with Crippen molar-refractivity contribution in [3.05, 3.63) is 35.4 Å². The highest BCUT2D eigenvalue weighted by Gasteiger charge is 2.38.